The minimum atomic E-state index is -0.688. The van der Waals surface area contributed by atoms with E-state index in [9.17, 15) is 14.4 Å². The molecular weight excluding hydrogens is 637 g/mol. The second-order valence-corrected chi connectivity index (χ2v) is 10.3. The highest BCUT2D eigenvalue weighted by atomic mass is 79.9. The van der Waals surface area contributed by atoms with E-state index in [1.54, 1.807) is 54.6 Å². The number of benzene rings is 4. The van der Waals surface area contributed by atoms with Gasteiger partial charge >= 0.3 is 5.97 Å². The number of carbonyl (C=O) groups is 3. The molecule has 0 atom stereocenters. The summed E-state index contributed by atoms with van der Waals surface area (Å²) >= 11 is 15.4. The standard InChI is InChI=1S/C29H18BrCl2N3O6/c30-19-5-9-24(41-29(38)22-7-6-20(31)13-23(22)32)18(10-19)14-33-35-28(37)16-2-1-3-21(11-16)34-27(36)17-4-8-25-26(12-17)40-15-39-25/h1-14H,15H2,(H,34,36)(H,35,37). The zero-order chi connectivity index (χ0) is 28.9. The van der Waals surface area contributed by atoms with Crippen LogP contribution in [-0.2, 0) is 0 Å². The minimum Gasteiger partial charge on any atom is -0.454 e. The Morgan fingerprint density at radius 2 is 1.68 bits per heavy atom. The predicted octanol–water partition coefficient (Wildman–Crippen LogP) is 6.72. The summed E-state index contributed by atoms with van der Waals surface area (Å²) in [5, 5.41) is 7.30. The van der Waals surface area contributed by atoms with Crippen molar-refractivity contribution in [1.29, 1.82) is 0 Å². The second kappa shape index (κ2) is 12.4. The Bertz CT molecular complexity index is 1710. The van der Waals surface area contributed by atoms with Crippen molar-refractivity contribution in [3.63, 3.8) is 0 Å². The van der Waals surface area contributed by atoms with E-state index in [-0.39, 0.29) is 34.6 Å². The van der Waals surface area contributed by atoms with Crippen LogP contribution in [0.1, 0.15) is 36.6 Å². The summed E-state index contributed by atoms with van der Waals surface area (Å²) in [5.41, 5.74) is 4.01. The fourth-order valence-corrected chi connectivity index (χ4v) is 4.59. The minimum absolute atomic E-state index is 0.104. The number of carbonyl (C=O) groups excluding carboxylic acids is 3. The van der Waals surface area contributed by atoms with Crippen molar-refractivity contribution in [2.24, 2.45) is 5.10 Å². The molecule has 2 amide bonds. The maximum absolute atomic E-state index is 12.8. The summed E-state index contributed by atoms with van der Waals surface area (Å²) in [7, 11) is 0. The highest BCUT2D eigenvalue weighted by Crippen LogP contribution is 2.32. The molecule has 41 heavy (non-hydrogen) atoms. The van der Waals surface area contributed by atoms with Crippen LogP contribution in [0.25, 0.3) is 0 Å². The van der Waals surface area contributed by atoms with Crippen LogP contribution < -0.4 is 25.0 Å². The Hall–Kier alpha value is -4.38. The molecule has 4 aromatic rings. The van der Waals surface area contributed by atoms with Crippen molar-refractivity contribution < 1.29 is 28.6 Å². The van der Waals surface area contributed by atoms with Gasteiger partial charge in [-0.3, -0.25) is 9.59 Å². The van der Waals surface area contributed by atoms with Crippen molar-refractivity contribution in [3.05, 3.63) is 116 Å². The first-order valence-electron chi connectivity index (χ1n) is 11.9. The van der Waals surface area contributed by atoms with Crippen molar-refractivity contribution >= 4 is 68.8 Å². The molecular formula is C29H18BrCl2N3O6. The predicted molar refractivity (Wildman–Crippen MR) is 158 cm³/mol. The average Bonchev–Trinajstić information content (AvgIpc) is 3.42. The maximum atomic E-state index is 12.8. The molecule has 1 aliphatic rings. The first-order chi connectivity index (χ1) is 19.8. The fraction of sp³-hybridized carbons (Fsp3) is 0.0345. The molecule has 1 aliphatic heterocycles. The lowest BCUT2D eigenvalue weighted by Crippen LogP contribution is -2.18. The van der Waals surface area contributed by atoms with Crippen LogP contribution in [0.3, 0.4) is 0 Å². The first-order valence-corrected chi connectivity index (χ1v) is 13.4. The van der Waals surface area contributed by atoms with Crippen LogP contribution in [0.5, 0.6) is 17.2 Å². The number of rotatable bonds is 7. The van der Waals surface area contributed by atoms with Crippen molar-refractivity contribution in [2.75, 3.05) is 12.1 Å². The highest BCUT2D eigenvalue weighted by Gasteiger charge is 2.17. The topological polar surface area (TPSA) is 115 Å². The summed E-state index contributed by atoms with van der Waals surface area (Å²) in [4.78, 5) is 38.1. The molecule has 4 aromatic carbocycles. The molecule has 1 heterocycles. The van der Waals surface area contributed by atoms with Gasteiger partial charge in [-0.15, -0.1) is 0 Å². The number of hydrogen-bond acceptors (Lipinski definition) is 7. The molecule has 0 fully saturated rings. The number of amides is 2. The summed E-state index contributed by atoms with van der Waals surface area (Å²) in [6.45, 7) is 0.104. The molecule has 12 heteroatoms. The third-order valence-corrected chi connectivity index (χ3v) is 6.75. The van der Waals surface area contributed by atoms with Crippen LogP contribution in [0, 0.1) is 0 Å². The molecule has 0 aromatic heterocycles. The van der Waals surface area contributed by atoms with Gasteiger partial charge in [0.25, 0.3) is 11.8 Å². The number of anilines is 1. The molecule has 0 bridgehead atoms. The van der Waals surface area contributed by atoms with Gasteiger partial charge in [-0.05, 0) is 72.8 Å². The third kappa shape index (κ3) is 6.86. The maximum Gasteiger partial charge on any atom is 0.345 e. The van der Waals surface area contributed by atoms with E-state index in [1.165, 1.54) is 30.5 Å². The molecule has 0 spiro atoms. The van der Waals surface area contributed by atoms with Crippen LogP contribution in [-0.4, -0.2) is 30.8 Å². The van der Waals surface area contributed by atoms with Crippen molar-refractivity contribution in [1.82, 2.24) is 5.43 Å². The normalized spacial score (nSPS) is 11.8. The Kier molecular flexibility index (Phi) is 8.53. The van der Waals surface area contributed by atoms with Gasteiger partial charge in [-0.25, -0.2) is 10.2 Å². The van der Waals surface area contributed by atoms with E-state index in [1.807, 2.05) is 0 Å². The quantitative estimate of drug-likeness (QED) is 0.0990. The Labute approximate surface area is 252 Å². The lowest BCUT2D eigenvalue weighted by atomic mass is 10.1. The molecule has 0 radical (unpaired) electrons. The molecule has 2 N–H and O–H groups in total. The lowest BCUT2D eigenvalue weighted by Gasteiger charge is -2.09. The van der Waals surface area contributed by atoms with Crippen molar-refractivity contribution in [3.8, 4) is 17.2 Å². The monoisotopic (exact) mass is 653 g/mol. The van der Waals surface area contributed by atoms with E-state index < -0.39 is 11.9 Å². The lowest BCUT2D eigenvalue weighted by molar-refractivity contribution is 0.0734. The molecule has 0 unspecified atom stereocenters. The van der Waals surface area contributed by atoms with Crippen LogP contribution in [0.15, 0.2) is 88.4 Å². The van der Waals surface area contributed by atoms with E-state index in [2.05, 4.69) is 31.8 Å². The molecule has 0 saturated carbocycles. The number of nitrogens with zero attached hydrogens (tertiary/aromatic N) is 1. The number of halogens is 3. The van der Waals surface area contributed by atoms with Gasteiger partial charge in [0.05, 0.1) is 16.8 Å². The number of hydrazone groups is 1. The summed E-state index contributed by atoms with van der Waals surface area (Å²) in [5.74, 6) is -0.346. The average molecular weight is 655 g/mol. The van der Waals surface area contributed by atoms with Crippen LogP contribution >= 0.6 is 39.1 Å². The van der Waals surface area contributed by atoms with Gasteiger partial charge in [0.15, 0.2) is 11.5 Å². The Morgan fingerprint density at radius 1 is 0.878 bits per heavy atom. The molecule has 0 aliphatic carbocycles. The molecule has 9 nitrogen and oxygen atoms in total. The number of ether oxygens (including phenoxy) is 3. The van der Waals surface area contributed by atoms with E-state index in [4.69, 9.17) is 37.4 Å². The van der Waals surface area contributed by atoms with Crippen molar-refractivity contribution in [2.45, 2.75) is 0 Å². The number of fused-ring (bicyclic) bond motifs is 1. The Morgan fingerprint density at radius 3 is 2.51 bits per heavy atom. The van der Waals surface area contributed by atoms with Gasteiger partial charge < -0.3 is 19.5 Å². The van der Waals surface area contributed by atoms with Crippen LogP contribution in [0.4, 0.5) is 5.69 Å². The number of nitrogens with one attached hydrogen (secondary N) is 2. The van der Waals surface area contributed by atoms with E-state index in [0.717, 1.165) is 0 Å². The van der Waals surface area contributed by atoms with E-state index in [0.29, 0.717) is 37.8 Å². The third-order valence-electron chi connectivity index (χ3n) is 5.71. The second-order valence-electron chi connectivity index (χ2n) is 8.50. The van der Waals surface area contributed by atoms with Gasteiger partial charge in [-0.1, -0.05) is 45.2 Å². The molecule has 206 valence electrons. The fourth-order valence-electron chi connectivity index (χ4n) is 3.73. The number of esters is 1. The molecule has 0 saturated heterocycles. The smallest absolute Gasteiger partial charge is 0.345 e. The largest absolute Gasteiger partial charge is 0.454 e. The Balaban J connectivity index is 1.24. The summed E-state index contributed by atoms with van der Waals surface area (Å²) in [6, 6.07) is 20.6. The van der Waals surface area contributed by atoms with Gasteiger partial charge in [0, 0.05) is 31.9 Å². The molecule has 5 rings (SSSR count). The highest BCUT2D eigenvalue weighted by molar-refractivity contribution is 9.10. The SMILES string of the molecule is O=C(NN=Cc1cc(Br)ccc1OC(=O)c1ccc(Cl)cc1Cl)c1cccc(NC(=O)c2ccc3c(c2)OCO3)c1. The van der Waals surface area contributed by atoms with Gasteiger partial charge in [0.2, 0.25) is 6.79 Å². The van der Waals surface area contributed by atoms with Gasteiger partial charge in [0.1, 0.15) is 5.75 Å². The number of hydrogen-bond donors (Lipinski definition) is 2. The summed E-state index contributed by atoms with van der Waals surface area (Å²) < 4.78 is 16.8. The zero-order valence-electron chi connectivity index (χ0n) is 20.8. The van der Waals surface area contributed by atoms with E-state index >= 15 is 0 Å². The van der Waals surface area contributed by atoms with Gasteiger partial charge in [-0.2, -0.15) is 5.10 Å². The first kappa shape index (κ1) is 28.2. The van der Waals surface area contributed by atoms with Crippen LogP contribution in [0.2, 0.25) is 10.0 Å². The summed E-state index contributed by atoms with van der Waals surface area (Å²) in [6.07, 6.45) is 1.33. The zero-order valence-corrected chi connectivity index (χ0v) is 23.9.